The Labute approximate surface area is 148 Å². The van der Waals surface area contributed by atoms with E-state index in [4.69, 9.17) is 4.74 Å². The number of aromatic nitrogens is 1. The number of aliphatic imine (C=N–C) groups is 1. The molecule has 0 saturated carbocycles. The van der Waals surface area contributed by atoms with Gasteiger partial charge < -0.3 is 15.4 Å². The number of thiazole rings is 1. The van der Waals surface area contributed by atoms with Crippen molar-refractivity contribution < 1.29 is 4.74 Å². The second kappa shape index (κ2) is 10.1. The second-order valence-electron chi connectivity index (χ2n) is 5.40. The van der Waals surface area contributed by atoms with E-state index in [0.717, 1.165) is 29.8 Å². The quantitative estimate of drug-likeness (QED) is 0.438. The average molecular weight is 347 g/mol. The Hall–Kier alpha value is -1.92. The van der Waals surface area contributed by atoms with Crippen molar-refractivity contribution in [3.05, 3.63) is 51.5 Å². The molecule has 2 rings (SSSR count). The van der Waals surface area contributed by atoms with Gasteiger partial charge in [0.1, 0.15) is 0 Å². The summed E-state index contributed by atoms with van der Waals surface area (Å²) >= 11 is 1.71. The molecule has 0 amide bonds. The number of nitrogens with zero attached hydrogens (tertiary/aromatic N) is 2. The zero-order chi connectivity index (χ0) is 17.2. The van der Waals surface area contributed by atoms with Gasteiger partial charge in [0, 0.05) is 18.0 Å². The first-order valence-electron chi connectivity index (χ1n) is 8.25. The molecule has 2 aromatic rings. The van der Waals surface area contributed by atoms with Crippen LogP contribution < -0.4 is 10.6 Å². The lowest BCUT2D eigenvalue weighted by molar-refractivity contribution is 0.125. The van der Waals surface area contributed by atoms with Crippen molar-refractivity contribution in [2.45, 2.75) is 33.9 Å². The molecule has 130 valence electrons. The molecule has 0 aliphatic carbocycles. The highest BCUT2D eigenvalue weighted by Gasteiger charge is 2.04. The minimum absolute atomic E-state index is 0.634. The summed E-state index contributed by atoms with van der Waals surface area (Å²) in [6.07, 6.45) is 0. The number of benzene rings is 1. The molecule has 0 fully saturated rings. The zero-order valence-corrected chi connectivity index (χ0v) is 15.4. The summed E-state index contributed by atoms with van der Waals surface area (Å²) in [7, 11) is 0. The number of guanidine groups is 1. The highest BCUT2D eigenvalue weighted by atomic mass is 32.1. The van der Waals surface area contributed by atoms with Crippen LogP contribution in [0.3, 0.4) is 0 Å². The van der Waals surface area contributed by atoms with E-state index in [2.05, 4.69) is 39.7 Å². The molecular weight excluding hydrogens is 320 g/mol. The Morgan fingerprint density at radius 1 is 1.21 bits per heavy atom. The van der Waals surface area contributed by atoms with Crippen molar-refractivity contribution >= 4 is 17.3 Å². The lowest BCUT2D eigenvalue weighted by Crippen LogP contribution is -2.38. The van der Waals surface area contributed by atoms with Crippen molar-refractivity contribution in [1.29, 1.82) is 0 Å². The summed E-state index contributed by atoms with van der Waals surface area (Å²) in [5.41, 5.74) is 2.26. The number of ether oxygens (including phenoxy) is 1. The van der Waals surface area contributed by atoms with Crippen LogP contribution >= 0.6 is 11.3 Å². The van der Waals surface area contributed by atoms with Crippen LogP contribution in [0.5, 0.6) is 0 Å². The van der Waals surface area contributed by atoms with E-state index in [9.17, 15) is 0 Å². The smallest absolute Gasteiger partial charge is 0.191 e. The maximum Gasteiger partial charge on any atom is 0.191 e. The number of rotatable bonds is 8. The third-order valence-corrected chi connectivity index (χ3v) is 4.43. The van der Waals surface area contributed by atoms with Crippen molar-refractivity contribution in [1.82, 2.24) is 15.6 Å². The van der Waals surface area contributed by atoms with Crippen molar-refractivity contribution in [3.63, 3.8) is 0 Å². The molecule has 0 aliphatic rings. The SMILES string of the molecule is CCNC(=NCc1sc(C)nc1C)NCCOCc1ccccc1. The first kappa shape index (κ1) is 18.4. The Bertz CT molecular complexity index is 640. The molecule has 0 spiro atoms. The Balaban J connectivity index is 1.74. The molecule has 6 heteroatoms. The van der Waals surface area contributed by atoms with E-state index >= 15 is 0 Å². The minimum Gasteiger partial charge on any atom is -0.375 e. The van der Waals surface area contributed by atoms with Crippen LogP contribution in [0.2, 0.25) is 0 Å². The molecule has 0 atom stereocenters. The van der Waals surface area contributed by atoms with Gasteiger partial charge in [-0.3, -0.25) is 0 Å². The van der Waals surface area contributed by atoms with E-state index in [1.165, 1.54) is 10.4 Å². The third kappa shape index (κ3) is 6.29. The van der Waals surface area contributed by atoms with Crippen LogP contribution in [-0.2, 0) is 17.9 Å². The zero-order valence-electron chi connectivity index (χ0n) is 14.6. The van der Waals surface area contributed by atoms with Gasteiger partial charge in [0.25, 0.3) is 0 Å². The maximum absolute atomic E-state index is 5.68. The molecule has 0 radical (unpaired) electrons. The predicted molar refractivity (Wildman–Crippen MR) is 101 cm³/mol. The Morgan fingerprint density at radius 2 is 2.00 bits per heavy atom. The first-order valence-corrected chi connectivity index (χ1v) is 9.07. The summed E-state index contributed by atoms with van der Waals surface area (Å²) in [5.74, 6) is 0.811. The summed E-state index contributed by atoms with van der Waals surface area (Å²) in [4.78, 5) is 10.3. The number of nitrogens with one attached hydrogen (secondary N) is 2. The van der Waals surface area contributed by atoms with E-state index in [0.29, 0.717) is 19.8 Å². The van der Waals surface area contributed by atoms with Gasteiger partial charge in [-0.05, 0) is 26.3 Å². The highest BCUT2D eigenvalue weighted by Crippen LogP contribution is 2.17. The molecule has 1 heterocycles. The molecule has 5 nitrogen and oxygen atoms in total. The van der Waals surface area contributed by atoms with E-state index < -0.39 is 0 Å². The van der Waals surface area contributed by atoms with Crippen LogP contribution in [0.15, 0.2) is 35.3 Å². The Kier molecular flexibility index (Phi) is 7.71. The monoisotopic (exact) mass is 346 g/mol. The van der Waals surface area contributed by atoms with Crippen molar-refractivity contribution in [2.75, 3.05) is 19.7 Å². The van der Waals surface area contributed by atoms with Crippen LogP contribution in [0.4, 0.5) is 0 Å². The topological polar surface area (TPSA) is 58.5 Å². The van der Waals surface area contributed by atoms with Crippen LogP contribution in [0.25, 0.3) is 0 Å². The molecule has 24 heavy (non-hydrogen) atoms. The molecule has 1 aromatic heterocycles. The maximum atomic E-state index is 5.68. The van der Waals surface area contributed by atoms with Gasteiger partial charge in [-0.25, -0.2) is 9.98 Å². The molecule has 0 saturated heterocycles. The molecule has 0 unspecified atom stereocenters. The molecule has 0 bridgehead atoms. The lowest BCUT2D eigenvalue weighted by Gasteiger charge is -2.11. The summed E-state index contributed by atoms with van der Waals surface area (Å²) in [6.45, 7) is 9.59. The van der Waals surface area contributed by atoms with Gasteiger partial charge in [-0.15, -0.1) is 11.3 Å². The summed E-state index contributed by atoms with van der Waals surface area (Å²) in [6, 6.07) is 10.2. The third-order valence-electron chi connectivity index (χ3n) is 3.37. The van der Waals surface area contributed by atoms with Crippen LogP contribution in [0.1, 0.15) is 28.1 Å². The summed E-state index contributed by atoms with van der Waals surface area (Å²) in [5, 5.41) is 7.64. The Morgan fingerprint density at radius 3 is 2.67 bits per heavy atom. The van der Waals surface area contributed by atoms with E-state index in [-0.39, 0.29) is 0 Å². The lowest BCUT2D eigenvalue weighted by atomic mass is 10.2. The molecule has 2 N–H and O–H groups in total. The standard InChI is InChI=1S/C18H26N4OS/c1-4-19-18(21-12-17-14(2)22-15(3)24-17)20-10-11-23-13-16-8-6-5-7-9-16/h5-9H,4,10-13H2,1-3H3,(H2,19,20,21). The fraction of sp³-hybridized carbons (Fsp3) is 0.444. The number of hydrogen-bond donors (Lipinski definition) is 2. The highest BCUT2D eigenvalue weighted by molar-refractivity contribution is 7.11. The van der Waals surface area contributed by atoms with Crippen molar-refractivity contribution in [3.8, 4) is 0 Å². The predicted octanol–water partition coefficient (Wildman–Crippen LogP) is 3.03. The average Bonchev–Trinajstić information content (AvgIpc) is 2.90. The molecule has 0 aliphatic heterocycles. The molecular formula is C18H26N4OS. The minimum atomic E-state index is 0.634. The van der Waals surface area contributed by atoms with E-state index in [1.807, 2.05) is 32.0 Å². The van der Waals surface area contributed by atoms with Gasteiger partial charge in [0.2, 0.25) is 0 Å². The number of hydrogen-bond acceptors (Lipinski definition) is 4. The van der Waals surface area contributed by atoms with Gasteiger partial charge in [-0.2, -0.15) is 0 Å². The van der Waals surface area contributed by atoms with Gasteiger partial charge in [-0.1, -0.05) is 30.3 Å². The fourth-order valence-corrected chi connectivity index (χ4v) is 3.08. The van der Waals surface area contributed by atoms with Crippen LogP contribution in [0, 0.1) is 13.8 Å². The summed E-state index contributed by atoms with van der Waals surface area (Å²) < 4.78 is 5.68. The second-order valence-corrected chi connectivity index (χ2v) is 6.69. The van der Waals surface area contributed by atoms with Gasteiger partial charge in [0.15, 0.2) is 5.96 Å². The fourth-order valence-electron chi connectivity index (χ4n) is 2.22. The van der Waals surface area contributed by atoms with Gasteiger partial charge >= 0.3 is 0 Å². The van der Waals surface area contributed by atoms with Crippen LogP contribution in [-0.4, -0.2) is 30.6 Å². The number of aryl methyl sites for hydroxylation is 2. The molecule has 1 aromatic carbocycles. The van der Waals surface area contributed by atoms with Gasteiger partial charge in [0.05, 0.1) is 30.5 Å². The largest absolute Gasteiger partial charge is 0.375 e. The van der Waals surface area contributed by atoms with E-state index in [1.54, 1.807) is 11.3 Å². The van der Waals surface area contributed by atoms with Crippen molar-refractivity contribution in [2.24, 2.45) is 4.99 Å². The normalized spacial score (nSPS) is 11.5. The first-order chi connectivity index (χ1) is 11.7.